The molecule has 9 heteroatoms. The van der Waals surface area contributed by atoms with Crippen LogP contribution >= 0.6 is 11.3 Å². The van der Waals surface area contributed by atoms with Gasteiger partial charge in [0.05, 0.1) is 38.2 Å². The zero-order valence-electron chi connectivity index (χ0n) is 19.1. The van der Waals surface area contributed by atoms with Gasteiger partial charge in [0.15, 0.2) is 11.6 Å². The number of hydrogen-bond acceptors (Lipinski definition) is 8. The second kappa shape index (κ2) is 7.88. The fourth-order valence-corrected chi connectivity index (χ4v) is 5.23. The molecule has 0 saturated carbocycles. The summed E-state index contributed by atoms with van der Waals surface area (Å²) in [6.45, 7) is 5.19. The van der Waals surface area contributed by atoms with Crippen LogP contribution < -0.4 is 9.80 Å². The van der Waals surface area contributed by atoms with Crippen LogP contribution in [0.3, 0.4) is 0 Å². The summed E-state index contributed by atoms with van der Waals surface area (Å²) in [7, 11) is 1.99. The highest BCUT2D eigenvalue weighted by atomic mass is 32.1. The smallest absolute Gasteiger partial charge is 0.260 e. The van der Waals surface area contributed by atoms with Gasteiger partial charge in [-0.3, -0.25) is 9.69 Å². The van der Waals surface area contributed by atoms with Crippen molar-refractivity contribution in [2.45, 2.75) is 20.3 Å². The molecule has 4 aromatic heterocycles. The third-order valence-corrected chi connectivity index (χ3v) is 7.14. The van der Waals surface area contributed by atoms with Gasteiger partial charge in [0.2, 0.25) is 0 Å². The fraction of sp³-hybridized carbons (Fsp3) is 0.240. The van der Waals surface area contributed by atoms with Crippen molar-refractivity contribution in [2.75, 3.05) is 29.9 Å². The predicted molar refractivity (Wildman–Crippen MR) is 134 cm³/mol. The number of aryl methyl sites for hydroxylation is 2. The minimum atomic E-state index is -0.158. The van der Waals surface area contributed by atoms with Gasteiger partial charge in [-0.1, -0.05) is 17.3 Å². The predicted octanol–water partition coefficient (Wildman–Crippen LogP) is 5.00. The number of nitrogens with zero attached hydrogens (tertiary/aromatic N) is 6. The molecule has 0 bridgehead atoms. The summed E-state index contributed by atoms with van der Waals surface area (Å²) in [5, 5.41) is 4.73. The van der Waals surface area contributed by atoms with Crippen LogP contribution in [0.25, 0.3) is 32.7 Å². The Bertz CT molecular complexity index is 1570. The van der Waals surface area contributed by atoms with Gasteiger partial charge in [-0.25, -0.2) is 15.0 Å². The summed E-state index contributed by atoms with van der Waals surface area (Å²) in [5.74, 6) is 1.11. The number of pyridine rings is 1. The van der Waals surface area contributed by atoms with E-state index in [-0.39, 0.29) is 5.91 Å². The van der Waals surface area contributed by atoms with Gasteiger partial charge in [-0.15, -0.1) is 11.3 Å². The standard InChI is InChI=1S/C25H22N6O2S/c1-14-9-10-20(34-14)19-13-16(21-15(2)29-33-24(21)28-19)25(32)31-12-6-11-30(3)22-23(31)27-18-8-5-4-7-17(18)26-22/h4-5,7-10,13H,6,11-12H2,1-3H3. The molecule has 34 heavy (non-hydrogen) atoms. The highest BCUT2D eigenvalue weighted by Crippen LogP contribution is 2.35. The zero-order chi connectivity index (χ0) is 23.4. The van der Waals surface area contributed by atoms with Gasteiger partial charge < -0.3 is 9.42 Å². The summed E-state index contributed by atoms with van der Waals surface area (Å²) < 4.78 is 5.50. The van der Waals surface area contributed by atoms with E-state index < -0.39 is 0 Å². The van der Waals surface area contributed by atoms with Crippen LogP contribution in [-0.4, -0.2) is 46.2 Å². The molecule has 1 amide bonds. The Balaban J connectivity index is 1.54. The molecule has 170 valence electrons. The monoisotopic (exact) mass is 470 g/mol. The Labute approximate surface area is 199 Å². The van der Waals surface area contributed by atoms with Gasteiger partial charge in [0, 0.05) is 25.0 Å². The van der Waals surface area contributed by atoms with E-state index in [1.807, 2.05) is 63.4 Å². The SMILES string of the molecule is Cc1ccc(-c2cc(C(=O)N3CCCN(C)c4nc5ccccc5nc43)c3c(C)noc3n2)s1. The van der Waals surface area contributed by atoms with Crippen molar-refractivity contribution in [1.29, 1.82) is 0 Å². The molecule has 0 spiro atoms. The molecule has 0 aliphatic carbocycles. The number of thiophene rings is 1. The number of amides is 1. The van der Waals surface area contributed by atoms with E-state index in [1.165, 1.54) is 4.88 Å². The molecule has 0 unspecified atom stereocenters. The molecule has 5 aromatic rings. The third kappa shape index (κ3) is 3.31. The molecule has 0 fully saturated rings. The molecular formula is C25H22N6O2S. The molecule has 5 heterocycles. The van der Waals surface area contributed by atoms with Gasteiger partial charge in [-0.2, -0.15) is 0 Å². The number of benzene rings is 1. The minimum Gasteiger partial charge on any atom is -0.357 e. The summed E-state index contributed by atoms with van der Waals surface area (Å²) in [4.78, 5) is 34.5. The van der Waals surface area contributed by atoms with Crippen LogP contribution in [-0.2, 0) is 0 Å². The minimum absolute atomic E-state index is 0.158. The first-order valence-electron chi connectivity index (χ1n) is 11.1. The van der Waals surface area contributed by atoms with E-state index in [2.05, 4.69) is 15.0 Å². The van der Waals surface area contributed by atoms with Crippen LogP contribution in [0.15, 0.2) is 47.0 Å². The molecule has 0 N–H and O–H groups in total. The number of rotatable bonds is 2. The lowest BCUT2D eigenvalue weighted by Crippen LogP contribution is -2.32. The first-order chi connectivity index (χ1) is 16.5. The van der Waals surface area contributed by atoms with Crippen LogP contribution in [0.1, 0.15) is 27.3 Å². The fourth-order valence-electron chi connectivity index (χ4n) is 4.40. The van der Waals surface area contributed by atoms with Gasteiger partial charge in [0.25, 0.3) is 11.6 Å². The first-order valence-corrected chi connectivity index (χ1v) is 11.9. The summed E-state index contributed by atoms with van der Waals surface area (Å²) in [5.41, 5.74) is 3.76. The zero-order valence-corrected chi connectivity index (χ0v) is 19.9. The lowest BCUT2D eigenvalue weighted by molar-refractivity contribution is 0.0988. The van der Waals surface area contributed by atoms with Gasteiger partial charge >= 0.3 is 0 Å². The molecule has 6 rings (SSSR count). The maximum absolute atomic E-state index is 14.2. The largest absolute Gasteiger partial charge is 0.357 e. The van der Waals surface area contributed by atoms with Gasteiger partial charge in [0.1, 0.15) is 0 Å². The van der Waals surface area contributed by atoms with Crippen molar-refractivity contribution in [3.05, 3.63) is 58.6 Å². The molecule has 0 radical (unpaired) electrons. The van der Waals surface area contributed by atoms with E-state index in [1.54, 1.807) is 16.2 Å². The molecule has 8 nitrogen and oxygen atoms in total. The van der Waals surface area contributed by atoms with Crippen molar-refractivity contribution in [2.24, 2.45) is 0 Å². The Morgan fingerprint density at radius 1 is 1.00 bits per heavy atom. The lowest BCUT2D eigenvalue weighted by atomic mass is 10.1. The van der Waals surface area contributed by atoms with Crippen molar-refractivity contribution in [1.82, 2.24) is 20.1 Å². The molecule has 1 aliphatic rings. The van der Waals surface area contributed by atoms with Gasteiger partial charge in [-0.05, 0) is 50.6 Å². The van der Waals surface area contributed by atoms with E-state index in [0.717, 1.165) is 28.9 Å². The van der Waals surface area contributed by atoms with E-state index in [9.17, 15) is 4.79 Å². The number of hydrogen-bond donors (Lipinski definition) is 0. The van der Waals surface area contributed by atoms with Crippen molar-refractivity contribution < 1.29 is 9.32 Å². The Morgan fingerprint density at radius 3 is 2.50 bits per heavy atom. The average Bonchev–Trinajstić information content (AvgIpc) is 3.41. The van der Waals surface area contributed by atoms with Crippen LogP contribution in [0.4, 0.5) is 11.6 Å². The lowest BCUT2D eigenvalue weighted by Gasteiger charge is -2.23. The average molecular weight is 471 g/mol. The topological polar surface area (TPSA) is 88.3 Å². The second-order valence-corrected chi connectivity index (χ2v) is 9.79. The van der Waals surface area contributed by atoms with Crippen LogP contribution in [0.5, 0.6) is 0 Å². The van der Waals surface area contributed by atoms with Crippen LogP contribution in [0, 0.1) is 13.8 Å². The third-order valence-electron chi connectivity index (χ3n) is 6.11. The van der Waals surface area contributed by atoms with Crippen LogP contribution in [0.2, 0.25) is 0 Å². The Kier molecular flexibility index (Phi) is 4.80. The quantitative estimate of drug-likeness (QED) is 0.359. The molecule has 0 atom stereocenters. The highest BCUT2D eigenvalue weighted by molar-refractivity contribution is 7.15. The van der Waals surface area contributed by atoms with Crippen molar-refractivity contribution >= 4 is 51.0 Å². The number of carbonyl (C=O) groups is 1. The summed E-state index contributed by atoms with van der Waals surface area (Å²) in [6, 6.07) is 13.6. The Morgan fingerprint density at radius 2 is 1.76 bits per heavy atom. The number of carbonyl (C=O) groups excluding carboxylic acids is 1. The normalized spacial score (nSPS) is 14.0. The van der Waals surface area contributed by atoms with E-state index in [4.69, 9.17) is 14.5 Å². The van der Waals surface area contributed by atoms with Crippen molar-refractivity contribution in [3.63, 3.8) is 0 Å². The molecule has 1 aromatic carbocycles. The number of anilines is 2. The van der Waals surface area contributed by atoms with E-state index >= 15 is 0 Å². The van der Waals surface area contributed by atoms with E-state index in [0.29, 0.717) is 46.2 Å². The number of fused-ring (bicyclic) bond motifs is 3. The Hall–Kier alpha value is -3.85. The van der Waals surface area contributed by atoms with Crippen molar-refractivity contribution in [3.8, 4) is 10.6 Å². The molecule has 0 saturated heterocycles. The summed E-state index contributed by atoms with van der Waals surface area (Å²) in [6.07, 6.45) is 0.796. The molecular weight excluding hydrogens is 448 g/mol. The first kappa shape index (κ1) is 20.7. The second-order valence-electron chi connectivity index (χ2n) is 8.50. The number of para-hydroxylation sites is 2. The maximum atomic E-state index is 14.2. The molecule has 1 aliphatic heterocycles. The number of aromatic nitrogens is 4. The maximum Gasteiger partial charge on any atom is 0.260 e. The highest BCUT2D eigenvalue weighted by Gasteiger charge is 2.30. The summed E-state index contributed by atoms with van der Waals surface area (Å²) >= 11 is 1.63.